The minimum Gasteiger partial charge on any atom is -0.677 e. The van der Waals surface area contributed by atoms with Gasteiger partial charge < -0.3 is 22.9 Å². The number of hydrogen-bond acceptors (Lipinski definition) is 0. The van der Waals surface area contributed by atoms with E-state index in [0.717, 1.165) is 25.7 Å². The molecule has 0 saturated heterocycles. The van der Waals surface area contributed by atoms with Gasteiger partial charge in [0, 0.05) is 17.6 Å². The van der Waals surface area contributed by atoms with Crippen LogP contribution in [0.25, 0.3) is 22.9 Å². The Morgan fingerprint density at radius 3 is 0.275 bits per heavy atom. The Labute approximate surface area is 451 Å². The number of unbranched alkanes of at least 4 members (excludes halogenated alkanes) is 52. The summed E-state index contributed by atoms with van der Waals surface area (Å²) in [7, 11) is 0. The van der Waals surface area contributed by atoms with Crippen molar-refractivity contribution in [2.75, 3.05) is 26.2 Å². The molecule has 0 amide bonds. The van der Waals surface area contributed by atoms with Crippen molar-refractivity contribution >= 4 is 17.6 Å². The molecule has 5 heteroatoms. The zero-order chi connectivity index (χ0) is 50.4. The molecule has 69 heavy (non-hydrogen) atoms. The summed E-state index contributed by atoms with van der Waals surface area (Å²) in [4.78, 5) is 0. The third kappa shape index (κ3) is 94.8. The van der Waals surface area contributed by atoms with E-state index >= 15 is 0 Å². The van der Waals surface area contributed by atoms with Gasteiger partial charge in [0.2, 0.25) is 0 Å². The molecule has 0 saturated carbocycles. The number of rotatable bonds is 56. The van der Waals surface area contributed by atoms with Crippen molar-refractivity contribution in [1.82, 2.24) is 0 Å². The first kappa shape index (κ1) is 78.3. The van der Waals surface area contributed by atoms with Crippen molar-refractivity contribution in [2.24, 2.45) is 0 Å². The van der Waals surface area contributed by atoms with E-state index in [1.54, 1.807) is 0 Å². The summed E-state index contributed by atoms with van der Waals surface area (Å²) in [5.74, 6) is 0. The zero-order valence-electron chi connectivity index (χ0n) is 48.9. The fourth-order valence-corrected chi connectivity index (χ4v) is 9.28. The smallest absolute Gasteiger partial charge is 0 e. The van der Waals surface area contributed by atoms with Gasteiger partial charge in [0.1, 0.15) is 0 Å². The van der Waals surface area contributed by atoms with Crippen molar-refractivity contribution in [3.63, 3.8) is 0 Å². The quantitative estimate of drug-likeness (QED) is 0.0429. The van der Waals surface area contributed by atoms with Crippen LogP contribution in [0.4, 0.5) is 0 Å². The average molecular weight is 1030 g/mol. The van der Waals surface area contributed by atoms with Gasteiger partial charge in [-0.3, -0.25) is 0 Å². The van der Waals surface area contributed by atoms with Crippen LogP contribution in [0.5, 0.6) is 0 Å². The van der Waals surface area contributed by atoms with Crippen molar-refractivity contribution in [1.29, 1.82) is 0 Å². The van der Waals surface area contributed by atoms with Crippen molar-refractivity contribution in [3.8, 4) is 0 Å². The van der Waals surface area contributed by atoms with Crippen LogP contribution in [0.2, 0.25) is 0 Å². The molecule has 0 aliphatic heterocycles. The summed E-state index contributed by atoms with van der Waals surface area (Å²) in [6.07, 6.45) is 78.2. The molecular weight excluding hydrogens is 897 g/mol. The Kier molecular flexibility index (Phi) is 96.6. The number of hydrogen-bond donors (Lipinski definition) is 0. The second kappa shape index (κ2) is 85.2. The van der Waals surface area contributed by atoms with Gasteiger partial charge >= 0.3 is 0 Å². The van der Waals surface area contributed by atoms with Gasteiger partial charge in [0.05, 0.1) is 0 Å². The van der Waals surface area contributed by atoms with Gasteiger partial charge in [-0.05, 0) is 0 Å². The summed E-state index contributed by atoms with van der Waals surface area (Å²) in [5.41, 5.74) is 28.2. The Morgan fingerprint density at radius 1 is 0.130 bits per heavy atom. The molecule has 0 aromatic carbocycles. The standard InChI is InChI=1S/4C16H34N.Ge/c4*1-2-3-4-5-6-7-8-9-10-11-12-13-14-15-16-17;/h4*17H,2-16H2,1H3;/q4*-1;. The van der Waals surface area contributed by atoms with Crippen LogP contribution in [0.15, 0.2) is 0 Å². The van der Waals surface area contributed by atoms with E-state index < -0.39 is 0 Å². The molecule has 0 aromatic rings. The van der Waals surface area contributed by atoms with Crippen LogP contribution in [-0.2, 0) is 0 Å². The second-order valence-corrected chi connectivity index (χ2v) is 21.4. The molecule has 4 N–H and O–H groups in total. The molecule has 0 aromatic heterocycles. The third-order valence-corrected chi connectivity index (χ3v) is 14.1. The van der Waals surface area contributed by atoms with Crippen molar-refractivity contribution < 1.29 is 0 Å². The van der Waals surface area contributed by atoms with E-state index in [1.165, 1.54) is 334 Å². The maximum absolute atomic E-state index is 7.06. The topological polar surface area (TPSA) is 95.2 Å². The van der Waals surface area contributed by atoms with Crippen LogP contribution in [-0.4, -0.2) is 43.8 Å². The van der Waals surface area contributed by atoms with E-state index in [9.17, 15) is 0 Å². The van der Waals surface area contributed by atoms with Gasteiger partial charge in [-0.25, -0.2) is 0 Å². The first-order valence-corrected chi connectivity index (χ1v) is 32.2. The molecule has 0 heterocycles. The molecule has 4 nitrogen and oxygen atoms in total. The molecule has 0 bridgehead atoms. The summed E-state index contributed by atoms with van der Waals surface area (Å²) in [6, 6.07) is 0. The molecule has 0 fully saturated rings. The predicted octanol–water partition coefficient (Wildman–Crippen LogP) is 25.7. The molecule has 0 aliphatic carbocycles. The van der Waals surface area contributed by atoms with E-state index in [2.05, 4.69) is 27.7 Å². The van der Waals surface area contributed by atoms with Crippen LogP contribution >= 0.6 is 0 Å². The van der Waals surface area contributed by atoms with Gasteiger partial charge in [0.15, 0.2) is 0 Å². The van der Waals surface area contributed by atoms with E-state index in [-0.39, 0.29) is 17.6 Å². The third-order valence-electron chi connectivity index (χ3n) is 14.1. The molecule has 0 rings (SSSR count). The van der Waals surface area contributed by atoms with Crippen molar-refractivity contribution in [2.45, 2.75) is 387 Å². The number of nitrogens with one attached hydrogen (secondary N) is 4. The minimum atomic E-state index is 0. The van der Waals surface area contributed by atoms with Crippen LogP contribution in [0.1, 0.15) is 387 Å². The second-order valence-electron chi connectivity index (χ2n) is 21.4. The van der Waals surface area contributed by atoms with Crippen LogP contribution < -0.4 is 0 Å². The van der Waals surface area contributed by atoms with Crippen LogP contribution in [0, 0.1) is 0 Å². The Hall–Kier alpha value is 0.383. The molecule has 0 aliphatic rings. The van der Waals surface area contributed by atoms with Gasteiger partial charge in [0.25, 0.3) is 0 Å². The first-order valence-electron chi connectivity index (χ1n) is 32.2. The molecule has 4 radical (unpaired) electrons. The zero-order valence-corrected chi connectivity index (χ0v) is 51.0. The maximum atomic E-state index is 7.06. The Bertz CT molecular complexity index is 562. The first-order chi connectivity index (χ1) is 33.7. The van der Waals surface area contributed by atoms with Gasteiger partial charge in [-0.1, -0.05) is 387 Å². The predicted molar refractivity (Wildman–Crippen MR) is 324 cm³/mol. The summed E-state index contributed by atoms with van der Waals surface area (Å²) in [6.45, 7) is 11.6. The van der Waals surface area contributed by atoms with Crippen molar-refractivity contribution in [3.05, 3.63) is 22.9 Å². The normalized spacial score (nSPS) is 10.8. The van der Waals surface area contributed by atoms with E-state index in [4.69, 9.17) is 22.9 Å². The maximum Gasteiger partial charge on any atom is 0 e. The molecule has 420 valence electrons. The summed E-state index contributed by atoms with van der Waals surface area (Å²) >= 11 is 0. The fraction of sp³-hybridized carbons (Fsp3) is 1.00. The van der Waals surface area contributed by atoms with Crippen LogP contribution in [0.3, 0.4) is 0 Å². The summed E-state index contributed by atoms with van der Waals surface area (Å²) in [5, 5.41) is 0. The Balaban J connectivity index is -0.000000263. The largest absolute Gasteiger partial charge is 0.677 e. The molecule has 0 spiro atoms. The van der Waals surface area contributed by atoms with E-state index in [1.807, 2.05) is 0 Å². The van der Waals surface area contributed by atoms with E-state index in [0.29, 0.717) is 26.2 Å². The fourth-order valence-electron chi connectivity index (χ4n) is 9.28. The Morgan fingerprint density at radius 2 is 0.203 bits per heavy atom. The molecule has 0 unspecified atom stereocenters. The minimum absolute atomic E-state index is 0. The van der Waals surface area contributed by atoms with Gasteiger partial charge in [-0.15, -0.1) is 0 Å². The van der Waals surface area contributed by atoms with Gasteiger partial charge in [-0.2, -0.15) is 26.2 Å². The SMILES string of the molecule is CCCCCCCCCCCCCCCC[NH-].CCCCCCCCCCCCCCCC[NH-].CCCCCCCCCCCCCCCC[NH-].CCCCCCCCCCCCCCCC[NH-].[Ge]. The monoisotopic (exact) mass is 1030 g/mol. The molecule has 0 atom stereocenters. The molecular formula is C64H136GeN4-4. The average Bonchev–Trinajstić information content (AvgIpc) is 3.35. The summed E-state index contributed by atoms with van der Waals surface area (Å²) < 4.78 is 0.